The highest BCUT2D eigenvalue weighted by Gasteiger charge is 2.40. The molecule has 1 aliphatic heterocycles. The Morgan fingerprint density at radius 3 is 1.75 bits per heavy atom. The summed E-state index contributed by atoms with van der Waals surface area (Å²) >= 11 is 0. The van der Waals surface area contributed by atoms with E-state index in [9.17, 15) is 0 Å². The minimum atomic E-state index is -0.147. The quantitative estimate of drug-likeness (QED) is 0.186. The van der Waals surface area contributed by atoms with E-state index >= 15 is 0 Å². The number of fused-ring (bicyclic) bond motifs is 7. The molecule has 51 heavy (non-hydrogen) atoms. The monoisotopic (exact) mass is 658 g/mol. The van der Waals surface area contributed by atoms with Crippen LogP contribution in [0.2, 0.25) is 0 Å². The van der Waals surface area contributed by atoms with Crippen LogP contribution in [0, 0.1) is 0 Å². The highest BCUT2D eigenvalue weighted by molar-refractivity contribution is 5.93. The predicted octanol–water partition coefficient (Wildman–Crippen LogP) is 13.0. The van der Waals surface area contributed by atoms with E-state index in [1.807, 2.05) is 0 Å². The molecule has 0 atom stereocenters. The van der Waals surface area contributed by atoms with Gasteiger partial charge in [-0.05, 0) is 123 Å². The van der Waals surface area contributed by atoms with Crippen molar-refractivity contribution in [2.75, 3.05) is 9.80 Å². The Bertz CT molecular complexity index is 2350. The van der Waals surface area contributed by atoms with Crippen LogP contribution in [0.25, 0.3) is 16.7 Å². The minimum absolute atomic E-state index is 0.115. The molecule has 0 bridgehead atoms. The summed E-state index contributed by atoms with van der Waals surface area (Å²) in [5, 5.41) is 0. The molecule has 248 valence electrons. The third-order valence-corrected chi connectivity index (χ3v) is 11.4. The lowest BCUT2D eigenvalue weighted by molar-refractivity contribution is 0.659. The second-order valence-corrected chi connectivity index (χ2v) is 15.1. The van der Waals surface area contributed by atoms with Crippen LogP contribution in [0.1, 0.15) is 55.5 Å². The van der Waals surface area contributed by atoms with Crippen LogP contribution in [-0.4, -0.2) is 0 Å². The van der Waals surface area contributed by atoms with Gasteiger partial charge in [0.25, 0.3) is 0 Å². The number of nitrogens with zero attached hydrogens (tertiary/aromatic N) is 2. The summed E-state index contributed by atoms with van der Waals surface area (Å²) in [6.07, 6.45) is 5.64. The molecule has 0 fully saturated rings. The number of para-hydroxylation sites is 2. The topological polar surface area (TPSA) is 6.48 Å². The van der Waals surface area contributed by atoms with Crippen LogP contribution in [-0.2, 0) is 17.3 Å². The minimum Gasteiger partial charge on any atom is -0.311 e. The van der Waals surface area contributed by atoms with Gasteiger partial charge in [-0.1, -0.05) is 125 Å². The molecule has 2 aliphatic carbocycles. The Morgan fingerprint density at radius 1 is 0.549 bits per heavy atom. The molecule has 2 nitrogen and oxygen atoms in total. The lowest BCUT2D eigenvalue weighted by Crippen LogP contribution is -2.21. The SMILES string of the molecule is C=C1C=C2/C(=C\Cc3cc4c(cc3N1c1ccc(N(c3ccccc3)c3ccccc3)cc1)C(C)(C)c1ccccc1-4)c1ccccc1C2(C)C. The van der Waals surface area contributed by atoms with Gasteiger partial charge in [0.1, 0.15) is 0 Å². The fourth-order valence-corrected chi connectivity index (χ4v) is 8.78. The molecule has 1 heterocycles. The molecule has 0 spiro atoms. The average Bonchev–Trinajstić information content (AvgIpc) is 3.53. The van der Waals surface area contributed by atoms with E-state index in [4.69, 9.17) is 6.58 Å². The second kappa shape index (κ2) is 11.6. The zero-order valence-corrected chi connectivity index (χ0v) is 29.8. The van der Waals surface area contributed by atoms with E-state index in [1.165, 1.54) is 55.8 Å². The van der Waals surface area contributed by atoms with Gasteiger partial charge in [0.15, 0.2) is 0 Å². The molecule has 9 rings (SSSR count). The van der Waals surface area contributed by atoms with E-state index in [0.29, 0.717) is 0 Å². The molecule has 6 aromatic rings. The maximum Gasteiger partial charge on any atom is 0.0500 e. The second-order valence-electron chi connectivity index (χ2n) is 15.1. The summed E-state index contributed by atoms with van der Waals surface area (Å²) in [6, 6.07) is 53.0. The molecular weight excluding hydrogens is 617 g/mol. The van der Waals surface area contributed by atoms with Crippen LogP contribution in [0.3, 0.4) is 0 Å². The normalized spacial score (nSPS) is 17.3. The highest BCUT2D eigenvalue weighted by atomic mass is 15.2. The molecule has 3 aliphatic rings. The van der Waals surface area contributed by atoms with E-state index in [-0.39, 0.29) is 10.8 Å². The molecule has 0 unspecified atom stereocenters. The van der Waals surface area contributed by atoms with E-state index < -0.39 is 0 Å². The van der Waals surface area contributed by atoms with E-state index in [1.54, 1.807) is 0 Å². The number of allylic oxidation sites excluding steroid dienone is 4. The largest absolute Gasteiger partial charge is 0.311 e. The summed E-state index contributed by atoms with van der Waals surface area (Å²) in [4.78, 5) is 4.71. The summed E-state index contributed by atoms with van der Waals surface area (Å²) in [5.41, 5.74) is 18.4. The van der Waals surface area contributed by atoms with Crippen molar-refractivity contribution in [2.45, 2.75) is 44.9 Å². The van der Waals surface area contributed by atoms with Crippen LogP contribution >= 0.6 is 0 Å². The van der Waals surface area contributed by atoms with Gasteiger partial charge < -0.3 is 9.80 Å². The lowest BCUT2D eigenvalue weighted by Gasteiger charge is -2.32. The first kappa shape index (κ1) is 31.1. The summed E-state index contributed by atoms with van der Waals surface area (Å²) < 4.78 is 0. The number of benzene rings is 6. The Hall–Kier alpha value is -5.86. The van der Waals surface area contributed by atoms with Crippen molar-refractivity contribution in [3.8, 4) is 11.1 Å². The molecule has 0 N–H and O–H groups in total. The fourth-order valence-electron chi connectivity index (χ4n) is 8.78. The van der Waals surface area contributed by atoms with Crippen LogP contribution in [0.15, 0.2) is 176 Å². The zero-order chi connectivity index (χ0) is 34.9. The average molecular weight is 659 g/mol. The predicted molar refractivity (Wildman–Crippen MR) is 216 cm³/mol. The smallest absolute Gasteiger partial charge is 0.0500 e. The number of anilines is 5. The summed E-state index contributed by atoms with van der Waals surface area (Å²) in [6.45, 7) is 14.3. The Labute approximate surface area is 302 Å². The Balaban J connectivity index is 1.23. The van der Waals surface area contributed by atoms with Gasteiger partial charge in [-0.15, -0.1) is 0 Å². The van der Waals surface area contributed by atoms with Gasteiger partial charge in [-0.3, -0.25) is 0 Å². The maximum atomic E-state index is 4.84. The first-order valence-electron chi connectivity index (χ1n) is 18.0. The van der Waals surface area contributed by atoms with Crippen molar-refractivity contribution < 1.29 is 0 Å². The van der Waals surface area contributed by atoms with E-state index in [0.717, 1.165) is 34.9 Å². The summed E-state index contributed by atoms with van der Waals surface area (Å²) in [7, 11) is 0. The first-order valence-corrected chi connectivity index (χ1v) is 18.0. The first-order chi connectivity index (χ1) is 24.7. The van der Waals surface area contributed by atoms with Crippen molar-refractivity contribution in [3.05, 3.63) is 203 Å². The Morgan fingerprint density at radius 2 is 1.10 bits per heavy atom. The van der Waals surface area contributed by atoms with Gasteiger partial charge in [-0.2, -0.15) is 0 Å². The lowest BCUT2D eigenvalue weighted by atomic mass is 9.81. The molecule has 0 saturated heterocycles. The molecule has 2 heteroatoms. The molecule has 0 amide bonds. The zero-order valence-electron chi connectivity index (χ0n) is 29.8. The van der Waals surface area contributed by atoms with Crippen molar-refractivity contribution in [2.24, 2.45) is 0 Å². The van der Waals surface area contributed by atoms with Crippen molar-refractivity contribution in [1.82, 2.24) is 0 Å². The maximum absolute atomic E-state index is 4.84. The van der Waals surface area contributed by atoms with Crippen LogP contribution in [0.5, 0.6) is 0 Å². The molecule has 6 aromatic carbocycles. The molecule has 0 saturated carbocycles. The van der Waals surface area contributed by atoms with Crippen molar-refractivity contribution >= 4 is 34.0 Å². The molecule has 0 aromatic heterocycles. The number of rotatable bonds is 4. The molecule has 0 radical (unpaired) electrons. The van der Waals surface area contributed by atoms with Crippen LogP contribution in [0.4, 0.5) is 28.4 Å². The van der Waals surface area contributed by atoms with Crippen molar-refractivity contribution in [1.29, 1.82) is 0 Å². The van der Waals surface area contributed by atoms with Gasteiger partial charge >= 0.3 is 0 Å². The van der Waals surface area contributed by atoms with Gasteiger partial charge in [0.2, 0.25) is 0 Å². The molecular formula is C49H42N2. The standard InChI is InChI=1S/C49H42N2/c1-33-30-45-41(39-20-12-14-22-43(39)48(45,2)3)29-24-34-31-42-40-21-13-15-23-44(40)49(4,5)46(42)32-47(34)50(33)37-25-27-38(28-26-37)51(35-16-8-6-9-17-35)36-18-10-7-11-19-36/h6-23,25-32H,1,24H2,2-5H3/b41-29-,45-30?. The number of hydrogen-bond acceptors (Lipinski definition) is 2. The number of hydrogen-bond donors (Lipinski definition) is 0. The van der Waals surface area contributed by atoms with Gasteiger partial charge in [0.05, 0.1) is 0 Å². The van der Waals surface area contributed by atoms with Crippen LogP contribution < -0.4 is 9.80 Å². The third-order valence-electron chi connectivity index (χ3n) is 11.4. The highest BCUT2D eigenvalue weighted by Crippen LogP contribution is 2.54. The third kappa shape index (κ3) is 4.85. The van der Waals surface area contributed by atoms with Gasteiger partial charge in [0, 0.05) is 45.0 Å². The summed E-state index contributed by atoms with van der Waals surface area (Å²) in [5.74, 6) is 0. The van der Waals surface area contributed by atoms with Gasteiger partial charge in [-0.25, -0.2) is 0 Å². The van der Waals surface area contributed by atoms with E-state index in [2.05, 4.69) is 195 Å². The Kier molecular flexibility index (Phi) is 7.09. The fraction of sp³-hybridized carbons (Fsp3) is 0.143. The van der Waals surface area contributed by atoms with Crippen molar-refractivity contribution in [3.63, 3.8) is 0 Å².